The third-order valence-electron chi connectivity index (χ3n) is 10.4. The number of hydrogen-bond acceptors (Lipinski definition) is 9. The summed E-state index contributed by atoms with van der Waals surface area (Å²) in [6.45, 7) is 1.52. The van der Waals surface area contributed by atoms with Crippen molar-refractivity contribution >= 4 is 45.4 Å². The van der Waals surface area contributed by atoms with Gasteiger partial charge in [0, 0.05) is 42.0 Å². The van der Waals surface area contributed by atoms with Crippen LogP contribution in [0, 0.1) is 23.7 Å². The van der Waals surface area contributed by atoms with Crippen LogP contribution >= 0.6 is 11.6 Å². The average Bonchev–Trinajstić information content (AvgIpc) is 3.60. The lowest BCUT2D eigenvalue weighted by atomic mass is 9.72. The molecule has 0 bridgehead atoms. The van der Waals surface area contributed by atoms with Crippen LogP contribution in [0.15, 0.2) is 61.1 Å². The average molecular weight is 734 g/mol. The number of methoxy groups -OCH3 is 1. The van der Waals surface area contributed by atoms with Gasteiger partial charge in [0.05, 0.1) is 37.0 Å². The molecule has 4 heterocycles. The molecule has 2 saturated heterocycles. The molecule has 2 amide bonds. The van der Waals surface area contributed by atoms with Crippen LogP contribution in [0.25, 0.3) is 23.0 Å². The van der Waals surface area contributed by atoms with Crippen LogP contribution in [0.2, 0.25) is 5.02 Å². The van der Waals surface area contributed by atoms with Gasteiger partial charge in [-0.1, -0.05) is 23.7 Å². The number of tetrazole rings is 1. The molecule has 2 N–H and O–H groups in total. The standard InChI is InChI=1S/C35H40ClN9O5S/c1-50-35(47)39-28-9-5-24(6-10-28)30-19-37-34(40-30)33-29(23-3-4-23)18-26(22-13-15-43(16-14-22)51(2,48)49)20-44(33)32(46)12-7-25-17-27(36)8-11-31(25)45-21-38-41-42-45/h5-12,17,19,21-23,26,29,33H,3-4,13-16,18,20H2,1-2H3,(H,37,40)(H,39,47). The Morgan fingerprint density at radius 2 is 1.80 bits per heavy atom. The predicted molar refractivity (Wildman–Crippen MR) is 191 cm³/mol. The third-order valence-corrected chi connectivity index (χ3v) is 11.9. The zero-order chi connectivity index (χ0) is 35.7. The normalized spacial score (nSPS) is 21.9. The van der Waals surface area contributed by atoms with Crippen molar-refractivity contribution in [2.24, 2.45) is 23.7 Å². The summed E-state index contributed by atoms with van der Waals surface area (Å²) in [5.41, 5.74) is 3.65. The summed E-state index contributed by atoms with van der Waals surface area (Å²) >= 11 is 6.37. The first-order valence-electron chi connectivity index (χ1n) is 17.0. The minimum atomic E-state index is -3.25. The summed E-state index contributed by atoms with van der Waals surface area (Å²) in [6.07, 6.45) is 12.0. The number of anilines is 1. The van der Waals surface area contributed by atoms with Gasteiger partial charge in [0.1, 0.15) is 12.2 Å². The zero-order valence-corrected chi connectivity index (χ0v) is 29.9. The van der Waals surface area contributed by atoms with Gasteiger partial charge in [0.15, 0.2) is 0 Å². The van der Waals surface area contributed by atoms with Gasteiger partial charge in [-0.15, -0.1) is 5.10 Å². The Bertz CT molecular complexity index is 2010. The molecule has 16 heteroatoms. The van der Waals surface area contributed by atoms with Crippen molar-refractivity contribution < 1.29 is 22.7 Å². The molecule has 3 aliphatic rings. The van der Waals surface area contributed by atoms with E-state index in [1.165, 1.54) is 24.4 Å². The highest BCUT2D eigenvalue weighted by Crippen LogP contribution is 2.52. The van der Waals surface area contributed by atoms with Gasteiger partial charge >= 0.3 is 6.09 Å². The quantitative estimate of drug-likeness (QED) is 0.220. The Kier molecular flexibility index (Phi) is 9.94. The molecule has 2 aromatic heterocycles. The molecule has 2 aromatic carbocycles. The fraction of sp³-hybridized carbons (Fsp3) is 0.429. The molecular formula is C35H40ClN9O5S. The van der Waals surface area contributed by atoms with E-state index in [0.29, 0.717) is 53.4 Å². The van der Waals surface area contributed by atoms with Crippen LogP contribution in [0.5, 0.6) is 0 Å². The molecule has 3 unspecified atom stereocenters. The topological polar surface area (TPSA) is 168 Å². The molecule has 268 valence electrons. The number of imidazole rings is 1. The minimum Gasteiger partial charge on any atom is -0.453 e. The van der Waals surface area contributed by atoms with Crippen LogP contribution in [-0.4, -0.2) is 92.8 Å². The molecule has 51 heavy (non-hydrogen) atoms. The lowest BCUT2D eigenvalue weighted by molar-refractivity contribution is -0.134. The number of H-pyrrole nitrogens is 1. The monoisotopic (exact) mass is 733 g/mol. The summed E-state index contributed by atoms with van der Waals surface area (Å²) in [4.78, 5) is 36.5. The molecule has 0 radical (unpaired) electrons. The van der Waals surface area contributed by atoms with Crippen molar-refractivity contribution in [3.8, 4) is 16.9 Å². The lowest BCUT2D eigenvalue weighted by Gasteiger charge is -2.47. The van der Waals surface area contributed by atoms with Crippen LogP contribution in [0.4, 0.5) is 10.5 Å². The van der Waals surface area contributed by atoms with Crippen molar-refractivity contribution in [3.05, 3.63) is 77.5 Å². The van der Waals surface area contributed by atoms with Gasteiger partial charge in [0.2, 0.25) is 15.9 Å². The number of amides is 2. The molecule has 3 fully saturated rings. The number of likely N-dealkylation sites (tertiary alicyclic amines) is 1. The third kappa shape index (κ3) is 7.85. The molecule has 1 saturated carbocycles. The summed E-state index contributed by atoms with van der Waals surface area (Å²) < 4.78 is 32.3. The summed E-state index contributed by atoms with van der Waals surface area (Å²) in [6, 6.07) is 12.4. The zero-order valence-electron chi connectivity index (χ0n) is 28.4. The summed E-state index contributed by atoms with van der Waals surface area (Å²) in [5, 5.41) is 14.7. The molecular weight excluding hydrogens is 694 g/mol. The Morgan fingerprint density at radius 1 is 1.04 bits per heavy atom. The number of aromatic nitrogens is 6. The van der Waals surface area contributed by atoms with E-state index in [4.69, 9.17) is 21.3 Å². The van der Waals surface area contributed by atoms with Crippen LogP contribution in [0.3, 0.4) is 0 Å². The van der Waals surface area contributed by atoms with Gasteiger partial charge in [-0.25, -0.2) is 22.5 Å². The van der Waals surface area contributed by atoms with Crippen LogP contribution in [-0.2, 0) is 19.6 Å². The maximum atomic E-state index is 14.5. The molecule has 4 aromatic rings. The maximum Gasteiger partial charge on any atom is 0.411 e. The first-order valence-corrected chi connectivity index (χ1v) is 19.3. The van der Waals surface area contributed by atoms with Crippen LogP contribution < -0.4 is 5.32 Å². The first-order chi connectivity index (χ1) is 24.6. The Labute approximate surface area is 301 Å². The van der Waals surface area contributed by atoms with Crippen LogP contribution in [0.1, 0.15) is 49.5 Å². The highest BCUT2D eigenvalue weighted by atomic mass is 35.5. The number of nitrogens with zero attached hydrogens (tertiary/aromatic N) is 7. The Morgan fingerprint density at radius 3 is 2.47 bits per heavy atom. The largest absolute Gasteiger partial charge is 0.453 e. The Balaban J connectivity index is 1.20. The molecule has 2 aliphatic heterocycles. The molecule has 1 aliphatic carbocycles. The maximum absolute atomic E-state index is 14.5. The summed E-state index contributed by atoms with van der Waals surface area (Å²) in [7, 11) is -1.94. The molecule has 3 atom stereocenters. The van der Waals surface area contributed by atoms with Crippen molar-refractivity contribution in [2.75, 3.05) is 38.3 Å². The molecule has 14 nitrogen and oxygen atoms in total. The fourth-order valence-corrected chi connectivity index (χ4v) is 8.71. The number of hydrogen-bond donors (Lipinski definition) is 2. The van der Waals surface area contributed by atoms with Crippen molar-refractivity contribution in [2.45, 2.75) is 38.1 Å². The van der Waals surface area contributed by atoms with E-state index in [-0.39, 0.29) is 23.8 Å². The minimum absolute atomic E-state index is 0.150. The smallest absolute Gasteiger partial charge is 0.411 e. The van der Waals surface area contributed by atoms with Crippen molar-refractivity contribution in [3.63, 3.8) is 0 Å². The second-order valence-electron chi connectivity index (χ2n) is 13.6. The van der Waals surface area contributed by atoms with E-state index in [0.717, 1.165) is 49.2 Å². The van der Waals surface area contributed by atoms with Crippen molar-refractivity contribution in [1.29, 1.82) is 0 Å². The number of nitrogens with one attached hydrogen (secondary N) is 2. The van der Waals surface area contributed by atoms with E-state index in [1.807, 2.05) is 17.0 Å². The van der Waals surface area contributed by atoms with Gasteiger partial charge in [-0.2, -0.15) is 4.68 Å². The second-order valence-corrected chi connectivity index (χ2v) is 16.0. The number of aromatic amines is 1. The van der Waals surface area contributed by atoms with Gasteiger partial charge in [-0.3, -0.25) is 10.1 Å². The SMILES string of the molecule is COC(=O)Nc1ccc(-c2cnc(C3C(C4CC4)CC(C4CCN(S(C)(=O)=O)CC4)CN3C(=O)C=Cc3cc(Cl)ccc3-n3cnnn3)[nH]2)cc1. The van der Waals surface area contributed by atoms with E-state index in [9.17, 15) is 18.0 Å². The number of piperidine rings is 2. The lowest BCUT2D eigenvalue weighted by Crippen LogP contribution is -2.50. The number of ether oxygens (including phenoxy) is 1. The van der Waals surface area contributed by atoms with E-state index in [1.54, 1.807) is 53.0 Å². The molecule has 7 rings (SSSR count). The van der Waals surface area contributed by atoms with E-state index < -0.39 is 16.1 Å². The number of rotatable bonds is 9. The molecule has 0 spiro atoms. The number of sulfonamides is 1. The fourth-order valence-electron chi connectivity index (χ4n) is 7.65. The number of carbonyl (C=O) groups is 2. The van der Waals surface area contributed by atoms with Crippen molar-refractivity contribution in [1.82, 2.24) is 39.4 Å². The van der Waals surface area contributed by atoms with Gasteiger partial charge in [0.25, 0.3) is 0 Å². The van der Waals surface area contributed by atoms with E-state index in [2.05, 4.69) is 25.8 Å². The second kappa shape index (κ2) is 14.6. The van der Waals surface area contributed by atoms with Gasteiger partial charge in [-0.05, 0) is 108 Å². The van der Waals surface area contributed by atoms with Gasteiger partial charge < -0.3 is 14.6 Å². The number of halogens is 1. The number of benzene rings is 2. The van der Waals surface area contributed by atoms with E-state index >= 15 is 0 Å². The Hall–Kier alpha value is -4.60. The predicted octanol–water partition coefficient (Wildman–Crippen LogP) is 5.18. The summed E-state index contributed by atoms with van der Waals surface area (Å²) in [5.74, 6) is 1.74. The highest BCUT2D eigenvalue weighted by Gasteiger charge is 2.48. The number of carbonyl (C=O) groups excluding carboxylic acids is 2. The highest BCUT2D eigenvalue weighted by molar-refractivity contribution is 7.88. The first kappa shape index (κ1) is 34.8.